The maximum atomic E-state index is 11.0. The molecule has 1 heterocycles. The highest BCUT2D eigenvalue weighted by molar-refractivity contribution is 5.78. The van der Waals surface area contributed by atoms with Crippen molar-refractivity contribution in [3.63, 3.8) is 0 Å². The molecule has 82 valence electrons. The van der Waals surface area contributed by atoms with Gasteiger partial charge in [-0.2, -0.15) is 10.4 Å². The topological polar surface area (TPSA) is 98.9 Å². The summed E-state index contributed by atoms with van der Waals surface area (Å²) in [5.41, 5.74) is 0.307. The molecule has 2 rings (SSSR count). The van der Waals surface area contributed by atoms with Crippen molar-refractivity contribution in [3.8, 4) is 6.07 Å². The minimum absolute atomic E-state index is 0.131. The zero-order valence-electron chi connectivity index (χ0n) is 8.42. The van der Waals surface area contributed by atoms with Gasteiger partial charge in [0.1, 0.15) is 12.1 Å². The number of hydrogen-bond acceptors (Lipinski definition) is 5. The van der Waals surface area contributed by atoms with Crippen LogP contribution >= 0.6 is 0 Å². The quantitative estimate of drug-likeness (QED) is 0.768. The Morgan fingerprint density at radius 1 is 1.69 bits per heavy atom. The van der Waals surface area contributed by atoms with E-state index in [1.807, 2.05) is 6.07 Å². The number of nitriles is 1. The van der Waals surface area contributed by atoms with E-state index >= 15 is 0 Å². The molecule has 0 aliphatic heterocycles. The molecule has 1 aromatic rings. The van der Waals surface area contributed by atoms with Crippen molar-refractivity contribution < 1.29 is 9.90 Å². The van der Waals surface area contributed by atoms with E-state index in [1.165, 1.54) is 12.3 Å². The smallest absolute Gasteiger partial charge is 0.326 e. The summed E-state index contributed by atoms with van der Waals surface area (Å²) >= 11 is 0. The van der Waals surface area contributed by atoms with Crippen molar-refractivity contribution in [2.24, 2.45) is 5.92 Å². The molecule has 0 saturated heterocycles. The van der Waals surface area contributed by atoms with Crippen molar-refractivity contribution in [2.45, 2.75) is 18.9 Å². The lowest BCUT2D eigenvalue weighted by Crippen LogP contribution is -2.32. The molecule has 0 aromatic carbocycles. The molecule has 16 heavy (non-hydrogen) atoms. The third kappa shape index (κ3) is 2.08. The molecule has 6 heteroatoms. The van der Waals surface area contributed by atoms with Gasteiger partial charge >= 0.3 is 5.97 Å². The van der Waals surface area contributed by atoms with Crippen molar-refractivity contribution >= 4 is 11.8 Å². The summed E-state index contributed by atoms with van der Waals surface area (Å²) in [6.07, 6.45) is 3.19. The molecule has 1 aliphatic rings. The lowest BCUT2D eigenvalue weighted by Gasteiger charge is -2.13. The minimum atomic E-state index is -0.919. The van der Waals surface area contributed by atoms with Crippen LogP contribution < -0.4 is 5.32 Å². The first kappa shape index (κ1) is 10.4. The summed E-state index contributed by atoms with van der Waals surface area (Å²) < 4.78 is 0. The normalized spacial score (nSPS) is 16.2. The Balaban J connectivity index is 2.18. The second-order valence-electron chi connectivity index (χ2n) is 3.70. The number of rotatable bonds is 4. The Hall–Kier alpha value is -2.16. The van der Waals surface area contributed by atoms with Crippen molar-refractivity contribution in [1.82, 2.24) is 10.2 Å². The van der Waals surface area contributed by atoms with Crippen LogP contribution in [0.15, 0.2) is 12.3 Å². The Morgan fingerprint density at radius 2 is 2.44 bits per heavy atom. The second kappa shape index (κ2) is 4.14. The Morgan fingerprint density at radius 3 is 3.00 bits per heavy atom. The third-order valence-electron chi connectivity index (χ3n) is 2.49. The third-order valence-corrected chi connectivity index (χ3v) is 2.49. The lowest BCUT2D eigenvalue weighted by molar-refractivity contribution is -0.138. The predicted octanol–water partition coefficient (Wildman–Crippen LogP) is 0.623. The van der Waals surface area contributed by atoms with E-state index in [0.29, 0.717) is 5.56 Å². The van der Waals surface area contributed by atoms with Gasteiger partial charge in [0.05, 0.1) is 11.8 Å². The van der Waals surface area contributed by atoms with E-state index in [9.17, 15) is 4.79 Å². The van der Waals surface area contributed by atoms with Gasteiger partial charge in [0.25, 0.3) is 0 Å². The molecular weight excluding hydrogens is 208 g/mol. The van der Waals surface area contributed by atoms with Crippen LogP contribution in [0.3, 0.4) is 0 Å². The second-order valence-corrected chi connectivity index (χ2v) is 3.70. The number of aromatic nitrogens is 2. The molecule has 1 aliphatic carbocycles. The maximum absolute atomic E-state index is 11.0. The fourth-order valence-corrected chi connectivity index (χ4v) is 1.49. The van der Waals surface area contributed by atoms with Gasteiger partial charge in [-0.25, -0.2) is 4.79 Å². The number of aliphatic carboxylic acids is 1. The van der Waals surface area contributed by atoms with E-state index < -0.39 is 12.0 Å². The van der Waals surface area contributed by atoms with Crippen molar-refractivity contribution in [1.29, 1.82) is 5.26 Å². The molecule has 2 N–H and O–H groups in total. The van der Waals surface area contributed by atoms with Gasteiger partial charge in [-0.1, -0.05) is 0 Å². The van der Waals surface area contributed by atoms with Crippen molar-refractivity contribution in [3.05, 3.63) is 17.8 Å². The van der Waals surface area contributed by atoms with E-state index in [4.69, 9.17) is 10.4 Å². The average Bonchev–Trinajstić information content (AvgIpc) is 3.10. The summed E-state index contributed by atoms with van der Waals surface area (Å²) in [5.74, 6) is -0.549. The highest BCUT2D eigenvalue weighted by Gasteiger charge is 2.36. The van der Waals surface area contributed by atoms with Gasteiger partial charge in [-0.05, 0) is 24.8 Å². The van der Waals surface area contributed by atoms with Crippen molar-refractivity contribution in [2.75, 3.05) is 5.32 Å². The van der Waals surface area contributed by atoms with Crippen LogP contribution in [0, 0.1) is 17.2 Å². The van der Waals surface area contributed by atoms with Crippen LogP contribution in [0.4, 0.5) is 5.82 Å². The first-order valence-corrected chi connectivity index (χ1v) is 4.93. The van der Waals surface area contributed by atoms with Crippen LogP contribution in [0.25, 0.3) is 0 Å². The molecule has 1 unspecified atom stereocenters. The molecule has 1 fully saturated rings. The Labute approximate surface area is 91.9 Å². The number of hydrogen-bond donors (Lipinski definition) is 2. The summed E-state index contributed by atoms with van der Waals surface area (Å²) in [7, 11) is 0. The minimum Gasteiger partial charge on any atom is -0.480 e. The number of carboxylic acid groups (broad SMARTS) is 1. The Bertz CT molecular complexity index is 450. The average molecular weight is 218 g/mol. The Kier molecular flexibility index (Phi) is 2.68. The SMILES string of the molecule is N#Cc1ccnnc1NC(C(=O)O)C1CC1. The number of nitrogens with zero attached hydrogens (tertiary/aromatic N) is 3. The van der Waals surface area contributed by atoms with Crippen LogP contribution in [0.2, 0.25) is 0 Å². The predicted molar refractivity (Wildman–Crippen MR) is 54.5 cm³/mol. The fraction of sp³-hybridized carbons (Fsp3) is 0.400. The number of carboxylic acids is 1. The maximum Gasteiger partial charge on any atom is 0.326 e. The molecule has 0 amide bonds. The van der Waals surface area contributed by atoms with Crippen LogP contribution in [-0.4, -0.2) is 27.3 Å². The van der Waals surface area contributed by atoms with Gasteiger partial charge in [0, 0.05) is 0 Å². The number of anilines is 1. The number of nitrogens with one attached hydrogen (secondary N) is 1. The zero-order chi connectivity index (χ0) is 11.5. The highest BCUT2D eigenvalue weighted by Crippen LogP contribution is 2.34. The summed E-state index contributed by atoms with van der Waals surface area (Å²) in [6, 6.07) is 2.77. The molecule has 1 saturated carbocycles. The summed E-state index contributed by atoms with van der Waals surface area (Å²) in [6.45, 7) is 0. The van der Waals surface area contributed by atoms with Gasteiger partial charge in [0.2, 0.25) is 0 Å². The molecule has 6 nitrogen and oxygen atoms in total. The first-order valence-electron chi connectivity index (χ1n) is 4.93. The zero-order valence-corrected chi connectivity index (χ0v) is 8.42. The molecule has 0 spiro atoms. The van der Waals surface area contributed by atoms with Crippen LogP contribution in [0.5, 0.6) is 0 Å². The fourth-order valence-electron chi connectivity index (χ4n) is 1.49. The number of carbonyl (C=O) groups is 1. The van der Waals surface area contributed by atoms with Gasteiger partial charge in [0.15, 0.2) is 5.82 Å². The highest BCUT2D eigenvalue weighted by atomic mass is 16.4. The van der Waals surface area contributed by atoms with Crippen LogP contribution in [-0.2, 0) is 4.79 Å². The standard InChI is InChI=1S/C10H10N4O2/c11-5-7-3-4-12-14-9(7)13-8(10(15)16)6-1-2-6/h3-4,6,8H,1-2H2,(H,13,14)(H,15,16). The van der Waals surface area contributed by atoms with E-state index in [-0.39, 0.29) is 11.7 Å². The summed E-state index contributed by atoms with van der Waals surface area (Å²) in [5, 5.41) is 28.0. The molecule has 1 atom stereocenters. The van der Waals surface area contributed by atoms with E-state index in [1.54, 1.807) is 0 Å². The van der Waals surface area contributed by atoms with E-state index in [0.717, 1.165) is 12.8 Å². The van der Waals surface area contributed by atoms with Gasteiger partial charge < -0.3 is 10.4 Å². The first-order chi connectivity index (χ1) is 7.72. The van der Waals surface area contributed by atoms with Crippen LogP contribution in [0.1, 0.15) is 18.4 Å². The molecule has 0 radical (unpaired) electrons. The van der Waals surface area contributed by atoms with Gasteiger partial charge in [-0.3, -0.25) is 0 Å². The van der Waals surface area contributed by atoms with Gasteiger partial charge in [-0.15, -0.1) is 5.10 Å². The lowest BCUT2D eigenvalue weighted by atomic mass is 10.2. The summed E-state index contributed by atoms with van der Waals surface area (Å²) in [4.78, 5) is 11.0. The monoisotopic (exact) mass is 218 g/mol. The molecule has 0 bridgehead atoms. The molecular formula is C10H10N4O2. The molecule has 1 aromatic heterocycles. The van der Waals surface area contributed by atoms with E-state index in [2.05, 4.69) is 15.5 Å². The largest absolute Gasteiger partial charge is 0.480 e.